The second kappa shape index (κ2) is 20.6. The summed E-state index contributed by atoms with van der Waals surface area (Å²) in [5, 5.41) is 36.7. The standard InChI is InChI=1S/C57H63N3O5S2/c1-37(10-11-38-6-3-2-4-7-38)28-43-18-22-56-24-25-57(43,35-56)23-19-44(61)15-12-39-14-17-52(63)54(30-39)65-27-21-40-13-16-51(62)49(29-40)48-33-53(64)45-20-26-60-50(45)9-5-8-41-31-47(55(58)59)42(32-46(41)48)34-66-67-36-56/h2-4,6-7,13-14,16-17,19-20,23,26,29-32,37,43,48,55,62-64H,9-12,15,18,21-22,24-25,27-28,33-36,58-59H2,1H3/p-1/b23-19+,53-45?/t37-,43+,48+,56+,57+/m1/s1. The second-order valence-electron chi connectivity index (χ2n) is 19.8. The Morgan fingerprint density at radius 2 is 1.75 bits per heavy atom. The monoisotopic (exact) mass is 932 g/mol. The van der Waals surface area contributed by atoms with Crippen LogP contribution in [-0.4, -0.2) is 34.1 Å². The molecule has 348 valence electrons. The van der Waals surface area contributed by atoms with Crippen LogP contribution in [0.25, 0.3) is 0 Å². The molecule has 3 aliphatic carbocycles. The predicted octanol–water partition coefficient (Wildman–Crippen LogP) is 10.7. The van der Waals surface area contributed by atoms with Gasteiger partial charge >= 0.3 is 0 Å². The summed E-state index contributed by atoms with van der Waals surface area (Å²) >= 11 is 0. The number of carbonyl (C=O) groups excluding carboxylic acids is 1. The Morgan fingerprint density at radius 1 is 0.925 bits per heavy atom. The van der Waals surface area contributed by atoms with Crippen LogP contribution in [0.2, 0.25) is 0 Å². The number of carbonyl (C=O) groups is 1. The molecule has 4 aromatic rings. The van der Waals surface area contributed by atoms with E-state index in [4.69, 9.17) is 16.2 Å². The van der Waals surface area contributed by atoms with Crippen LogP contribution < -0.4 is 21.3 Å². The third-order valence-corrected chi connectivity index (χ3v) is 17.7. The van der Waals surface area contributed by atoms with Crippen LogP contribution in [-0.2, 0) is 29.8 Å². The van der Waals surface area contributed by atoms with E-state index in [1.807, 2.05) is 58.0 Å². The number of ether oxygens (including phenoxy) is 1. The highest BCUT2D eigenvalue weighted by Gasteiger charge is 2.54. The number of rotatable bonds is 6. The molecule has 5 atom stereocenters. The molecular weight excluding hydrogens is 871 g/mol. The van der Waals surface area contributed by atoms with Crippen molar-refractivity contribution in [3.05, 3.63) is 159 Å². The fraction of sp³-hybridized carbons (Fsp3) is 0.404. The van der Waals surface area contributed by atoms with E-state index in [0.29, 0.717) is 65.9 Å². The number of aliphatic imine (C=N–C) groups is 1. The van der Waals surface area contributed by atoms with Gasteiger partial charge in [0.2, 0.25) is 0 Å². The lowest BCUT2D eigenvalue weighted by Gasteiger charge is -2.45. The molecule has 0 saturated heterocycles. The summed E-state index contributed by atoms with van der Waals surface area (Å²) < 4.78 is 6.19. The Kier molecular flexibility index (Phi) is 14.4. The third kappa shape index (κ3) is 10.8. The fourth-order valence-corrected chi connectivity index (χ4v) is 14.2. The molecule has 2 saturated carbocycles. The zero-order valence-electron chi connectivity index (χ0n) is 38.5. The van der Waals surface area contributed by atoms with Gasteiger partial charge in [0.15, 0.2) is 17.3 Å². The van der Waals surface area contributed by atoms with Gasteiger partial charge < -0.3 is 31.5 Å². The first-order chi connectivity index (χ1) is 32.5. The summed E-state index contributed by atoms with van der Waals surface area (Å²) in [5.74, 6) is 9.44. The molecule has 2 heterocycles. The van der Waals surface area contributed by atoms with Crippen molar-refractivity contribution in [1.82, 2.24) is 0 Å². The molecule has 5 aliphatic rings. The van der Waals surface area contributed by atoms with Crippen molar-refractivity contribution < 1.29 is 24.9 Å². The number of phenolic OH excluding ortho intramolecular Hbond substituents is 2. The Hall–Kier alpha value is -5.18. The van der Waals surface area contributed by atoms with E-state index in [9.17, 15) is 20.1 Å². The topological polar surface area (TPSA) is 154 Å². The Labute approximate surface area is 403 Å². The highest BCUT2D eigenvalue weighted by molar-refractivity contribution is 8.76. The van der Waals surface area contributed by atoms with Crippen molar-refractivity contribution in [3.63, 3.8) is 0 Å². The van der Waals surface area contributed by atoms with Gasteiger partial charge in [-0.05, 0) is 162 Å². The first-order valence-corrected chi connectivity index (χ1v) is 26.5. The van der Waals surface area contributed by atoms with E-state index in [1.165, 1.54) is 12.0 Å². The van der Waals surface area contributed by atoms with Crippen molar-refractivity contribution in [2.24, 2.45) is 39.1 Å². The van der Waals surface area contributed by atoms with Gasteiger partial charge in [0.25, 0.3) is 0 Å². The molecule has 2 fully saturated rings. The molecule has 8 bridgehead atoms. The van der Waals surface area contributed by atoms with Crippen LogP contribution in [0, 0.1) is 34.5 Å². The minimum absolute atomic E-state index is 0.0202. The van der Waals surface area contributed by atoms with E-state index in [-0.39, 0.29) is 46.9 Å². The number of fused-ring (bicyclic) bond motifs is 7. The Balaban J connectivity index is 1.05. The first kappa shape index (κ1) is 46.9. The van der Waals surface area contributed by atoms with Crippen LogP contribution in [0.1, 0.15) is 128 Å². The van der Waals surface area contributed by atoms with Crippen molar-refractivity contribution in [1.29, 1.82) is 0 Å². The summed E-state index contributed by atoms with van der Waals surface area (Å²) in [6.07, 6.45) is 17.8. The molecule has 0 aromatic heterocycles. The van der Waals surface area contributed by atoms with Gasteiger partial charge in [-0.1, -0.05) is 101 Å². The number of hydrogen-bond donors (Lipinski definition) is 4. The van der Waals surface area contributed by atoms with Crippen molar-refractivity contribution in [3.8, 4) is 29.1 Å². The Morgan fingerprint density at radius 3 is 2.58 bits per heavy atom. The minimum Gasteiger partial charge on any atom is -0.875 e. The lowest BCUT2D eigenvalue weighted by Crippen LogP contribution is -2.36. The van der Waals surface area contributed by atoms with Gasteiger partial charge in [-0.15, -0.1) is 5.76 Å². The van der Waals surface area contributed by atoms with Gasteiger partial charge in [-0.25, -0.2) is 0 Å². The third-order valence-electron chi connectivity index (χ3n) is 15.2. The van der Waals surface area contributed by atoms with E-state index in [1.54, 1.807) is 24.4 Å². The molecule has 6 N–H and O–H groups in total. The maximum atomic E-state index is 14.2. The number of ketones is 1. The second-order valence-corrected chi connectivity index (χ2v) is 22.2. The van der Waals surface area contributed by atoms with E-state index in [0.717, 1.165) is 84.1 Å². The fourth-order valence-electron chi connectivity index (χ4n) is 11.4. The molecule has 10 heteroatoms. The van der Waals surface area contributed by atoms with Crippen LogP contribution in [0.3, 0.4) is 0 Å². The lowest BCUT2D eigenvalue weighted by molar-refractivity contribution is -0.307. The van der Waals surface area contributed by atoms with Crippen molar-refractivity contribution in [2.75, 3.05) is 12.4 Å². The largest absolute Gasteiger partial charge is 0.875 e. The molecule has 8 nitrogen and oxygen atoms in total. The van der Waals surface area contributed by atoms with Crippen molar-refractivity contribution >= 4 is 33.1 Å². The molecule has 0 unspecified atom stereocenters. The average Bonchev–Trinajstić information content (AvgIpc) is 3.93. The predicted molar refractivity (Wildman–Crippen MR) is 271 cm³/mol. The Bertz CT molecular complexity index is 2680. The summed E-state index contributed by atoms with van der Waals surface area (Å²) in [4.78, 5) is 18.2. The molecular formula is C57H62N3O5S2-. The number of aryl methyl sites for hydroxylation is 2. The lowest BCUT2D eigenvalue weighted by atomic mass is 9.61. The van der Waals surface area contributed by atoms with Gasteiger partial charge in [0.05, 0.1) is 24.9 Å². The molecule has 4 aromatic carbocycles. The highest BCUT2D eigenvalue weighted by atomic mass is 33.1. The SMILES string of the molecule is C[C@H](CCc1ccccc1)C[C@@H]1CC[C@@]23CC[C@@]1(/C=C/C(=O)CCc1ccc(O)c(c1)OCCc1ccc(O)c(c1)[C@H]1CC([O-])=C4C=CN=C4CC#Cc4cc(C(N)N)c(cc41)CSSC2)C3. The number of benzene rings is 4. The van der Waals surface area contributed by atoms with Crippen molar-refractivity contribution in [2.45, 2.75) is 108 Å². The zero-order valence-corrected chi connectivity index (χ0v) is 40.1. The quantitative estimate of drug-likeness (QED) is 0.0840. The van der Waals surface area contributed by atoms with Gasteiger partial charge in [0.1, 0.15) is 5.75 Å². The van der Waals surface area contributed by atoms with Crippen LogP contribution in [0.4, 0.5) is 0 Å². The number of aromatic hydroxyl groups is 2. The van der Waals surface area contributed by atoms with Gasteiger partial charge in [0, 0.05) is 47.6 Å². The summed E-state index contributed by atoms with van der Waals surface area (Å²) in [7, 11) is 3.74. The van der Waals surface area contributed by atoms with Crippen LogP contribution >= 0.6 is 21.6 Å². The van der Waals surface area contributed by atoms with E-state index < -0.39 is 12.1 Å². The zero-order chi connectivity index (χ0) is 46.5. The van der Waals surface area contributed by atoms with E-state index in [2.05, 4.69) is 66.2 Å². The molecule has 0 spiro atoms. The number of phenols is 2. The van der Waals surface area contributed by atoms with Crippen LogP contribution in [0.15, 0.2) is 120 Å². The summed E-state index contributed by atoms with van der Waals surface area (Å²) in [5.41, 5.74) is 21.6. The maximum absolute atomic E-state index is 14.2. The summed E-state index contributed by atoms with van der Waals surface area (Å²) in [6.45, 7) is 2.66. The number of allylic oxidation sites excluding steroid dienone is 5. The van der Waals surface area contributed by atoms with Crippen LogP contribution in [0.5, 0.6) is 17.2 Å². The molecule has 9 rings (SSSR count). The highest BCUT2D eigenvalue weighted by Crippen LogP contribution is 2.64. The molecule has 2 aliphatic heterocycles. The van der Waals surface area contributed by atoms with E-state index >= 15 is 0 Å². The number of nitrogens with two attached hydrogens (primary N) is 2. The number of hydrogen-bond acceptors (Lipinski definition) is 10. The minimum atomic E-state index is -0.742. The maximum Gasteiger partial charge on any atom is 0.161 e. The summed E-state index contributed by atoms with van der Waals surface area (Å²) in [6, 6.07) is 25.7. The van der Waals surface area contributed by atoms with Gasteiger partial charge in [-0.2, -0.15) is 0 Å². The van der Waals surface area contributed by atoms with Gasteiger partial charge in [-0.3, -0.25) is 9.79 Å². The molecule has 0 radical (unpaired) electrons. The average molecular weight is 933 g/mol. The smallest absolute Gasteiger partial charge is 0.161 e. The number of nitrogens with zero attached hydrogens (tertiary/aromatic N) is 1. The first-order valence-electron chi connectivity index (χ1n) is 24.0. The molecule has 67 heavy (non-hydrogen) atoms. The normalized spacial score (nSPS) is 25.1. The molecule has 0 amide bonds.